The zero-order chi connectivity index (χ0) is 12.3. The van der Waals surface area contributed by atoms with Crippen LogP contribution in [0.1, 0.15) is 72.1 Å². The average molecular weight is 252 g/mol. The molecule has 0 unspecified atom stereocenters. The summed E-state index contributed by atoms with van der Waals surface area (Å²) in [6, 6.07) is 0. The lowest BCUT2D eigenvalue weighted by Crippen LogP contribution is -2.30. The summed E-state index contributed by atoms with van der Waals surface area (Å²) in [5.74, 6) is 0. The first kappa shape index (κ1) is 13.6. The third-order valence-electron chi connectivity index (χ3n) is 4.73. The largest absolute Gasteiger partial charge is 0.0979 e. The highest BCUT2D eigenvalue weighted by Gasteiger charge is 2.37. The molecule has 1 aliphatic heterocycles. The summed E-state index contributed by atoms with van der Waals surface area (Å²) in [6.07, 6.45) is 14.0. The van der Waals surface area contributed by atoms with Crippen molar-refractivity contribution in [3.05, 3.63) is 11.6 Å². The Morgan fingerprint density at radius 2 is 2.00 bits per heavy atom. The van der Waals surface area contributed by atoms with Crippen molar-refractivity contribution < 1.29 is 0 Å². The molecule has 0 bridgehead atoms. The van der Waals surface area contributed by atoms with E-state index in [0.29, 0.717) is 7.92 Å². The van der Waals surface area contributed by atoms with Crippen LogP contribution in [0.25, 0.3) is 0 Å². The Kier molecular flexibility index (Phi) is 5.10. The van der Waals surface area contributed by atoms with Gasteiger partial charge in [0.05, 0.1) is 0 Å². The molecule has 1 heterocycles. The van der Waals surface area contributed by atoms with E-state index in [0.717, 1.165) is 17.0 Å². The third kappa shape index (κ3) is 3.57. The molecule has 17 heavy (non-hydrogen) atoms. The van der Waals surface area contributed by atoms with Crippen LogP contribution in [0.15, 0.2) is 11.6 Å². The molecule has 1 fully saturated rings. The monoisotopic (exact) mass is 252 g/mol. The molecule has 0 nitrogen and oxygen atoms in total. The van der Waals surface area contributed by atoms with Gasteiger partial charge in [-0.05, 0) is 61.9 Å². The van der Waals surface area contributed by atoms with Crippen molar-refractivity contribution in [3.63, 3.8) is 0 Å². The molecule has 2 rings (SSSR count). The fourth-order valence-corrected chi connectivity index (χ4v) is 7.51. The van der Waals surface area contributed by atoms with Gasteiger partial charge in [-0.1, -0.05) is 46.8 Å². The molecule has 1 aliphatic carbocycles. The Hall–Kier alpha value is 0.170. The first-order valence-corrected chi connectivity index (χ1v) is 9.18. The summed E-state index contributed by atoms with van der Waals surface area (Å²) in [5, 5.41) is 0. The molecular formula is C16H29P. The van der Waals surface area contributed by atoms with E-state index in [9.17, 15) is 0 Å². The van der Waals surface area contributed by atoms with E-state index in [-0.39, 0.29) is 0 Å². The smallest absolute Gasteiger partial charge is 0.0227 e. The number of hydrogen-bond acceptors (Lipinski definition) is 0. The quantitative estimate of drug-likeness (QED) is 0.444. The molecule has 0 amide bonds. The summed E-state index contributed by atoms with van der Waals surface area (Å²) in [7, 11) is 0.358. The molecule has 1 heteroatoms. The van der Waals surface area contributed by atoms with Gasteiger partial charge in [-0.25, -0.2) is 0 Å². The Labute approximate surface area is 109 Å². The van der Waals surface area contributed by atoms with Gasteiger partial charge in [0.2, 0.25) is 0 Å². The maximum absolute atomic E-state index is 2.56. The van der Waals surface area contributed by atoms with Crippen molar-refractivity contribution in [1.29, 1.82) is 0 Å². The van der Waals surface area contributed by atoms with Gasteiger partial charge in [0, 0.05) is 0 Å². The summed E-state index contributed by atoms with van der Waals surface area (Å²) in [6.45, 7) is 7.48. The normalized spacial score (nSPS) is 32.5. The summed E-state index contributed by atoms with van der Waals surface area (Å²) >= 11 is 0. The van der Waals surface area contributed by atoms with Crippen molar-refractivity contribution in [3.8, 4) is 0 Å². The second-order valence-corrected chi connectivity index (χ2v) is 9.77. The average Bonchev–Trinajstić information content (AvgIpc) is 2.54. The highest BCUT2D eigenvalue weighted by Crippen LogP contribution is 2.63. The third-order valence-corrected chi connectivity index (χ3v) is 8.46. The van der Waals surface area contributed by atoms with E-state index < -0.39 is 0 Å². The molecule has 3 atom stereocenters. The fourth-order valence-electron chi connectivity index (χ4n) is 3.75. The standard InChI is InChI=1S/C16H29P/c1-13(17-14(2)12-15(17)3)10-11-16-8-6-4-5-7-9-16/h8,13-15H,4-7,9-12H2,1-3H3/t13-,14-,15-/m0/s1. The maximum Gasteiger partial charge on any atom is -0.0227 e. The molecule has 0 aromatic carbocycles. The van der Waals surface area contributed by atoms with Gasteiger partial charge in [-0.15, -0.1) is 0 Å². The van der Waals surface area contributed by atoms with E-state index in [2.05, 4.69) is 26.8 Å². The Morgan fingerprint density at radius 3 is 2.71 bits per heavy atom. The SMILES string of the molecule is C[C@@H](CCC1=CCCCCC1)P1[C@@H](C)C[C@@H]1C. The van der Waals surface area contributed by atoms with Crippen molar-refractivity contribution in [2.24, 2.45) is 0 Å². The molecular weight excluding hydrogens is 223 g/mol. The van der Waals surface area contributed by atoms with Crippen molar-refractivity contribution in [2.75, 3.05) is 0 Å². The Bertz CT molecular complexity index is 261. The number of rotatable bonds is 4. The lowest BCUT2D eigenvalue weighted by molar-refractivity contribution is 0.657. The zero-order valence-corrected chi connectivity index (χ0v) is 12.8. The predicted molar refractivity (Wildman–Crippen MR) is 80.3 cm³/mol. The van der Waals surface area contributed by atoms with Crippen molar-refractivity contribution in [2.45, 2.75) is 89.1 Å². The van der Waals surface area contributed by atoms with Gasteiger partial charge in [0.25, 0.3) is 0 Å². The molecule has 0 saturated carbocycles. The van der Waals surface area contributed by atoms with E-state index in [1.807, 2.05) is 0 Å². The highest BCUT2D eigenvalue weighted by atomic mass is 31.1. The van der Waals surface area contributed by atoms with Gasteiger partial charge < -0.3 is 0 Å². The van der Waals surface area contributed by atoms with Crippen LogP contribution >= 0.6 is 7.92 Å². The lowest BCUT2D eigenvalue weighted by atomic mass is 10.0. The number of allylic oxidation sites excluding steroid dienone is 2. The van der Waals surface area contributed by atoms with Crippen LogP contribution in [0.5, 0.6) is 0 Å². The highest BCUT2D eigenvalue weighted by molar-refractivity contribution is 7.61. The Morgan fingerprint density at radius 1 is 1.24 bits per heavy atom. The first-order chi connectivity index (χ1) is 8.18. The van der Waals surface area contributed by atoms with E-state index in [1.54, 1.807) is 5.57 Å². The van der Waals surface area contributed by atoms with Crippen LogP contribution in [0, 0.1) is 0 Å². The predicted octanol–water partition coefficient (Wildman–Crippen LogP) is 5.71. The van der Waals surface area contributed by atoms with Crippen LogP contribution in [0.3, 0.4) is 0 Å². The second kappa shape index (κ2) is 6.37. The van der Waals surface area contributed by atoms with Gasteiger partial charge in [0.1, 0.15) is 0 Å². The van der Waals surface area contributed by atoms with Crippen LogP contribution in [0.2, 0.25) is 0 Å². The minimum atomic E-state index is 0.358. The Balaban J connectivity index is 1.75. The molecule has 0 aromatic heterocycles. The molecule has 0 radical (unpaired) electrons. The minimum absolute atomic E-state index is 0.358. The zero-order valence-electron chi connectivity index (χ0n) is 11.9. The van der Waals surface area contributed by atoms with Crippen molar-refractivity contribution >= 4 is 7.92 Å². The molecule has 1 saturated heterocycles. The van der Waals surface area contributed by atoms with E-state index in [4.69, 9.17) is 0 Å². The molecule has 0 spiro atoms. The van der Waals surface area contributed by atoms with E-state index in [1.165, 1.54) is 51.4 Å². The summed E-state index contributed by atoms with van der Waals surface area (Å²) in [5.41, 5.74) is 4.90. The minimum Gasteiger partial charge on any atom is -0.0979 e. The fraction of sp³-hybridized carbons (Fsp3) is 0.875. The van der Waals surface area contributed by atoms with Crippen molar-refractivity contribution in [1.82, 2.24) is 0 Å². The lowest BCUT2D eigenvalue weighted by Gasteiger charge is -2.45. The molecule has 98 valence electrons. The molecule has 2 aliphatic rings. The van der Waals surface area contributed by atoms with E-state index >= 15 is 0 Å². The first-order valence-electron chi connectivity index (χ1n) is 7.64. The van der Waals surface area contributed by atoms with Crippen LogP contribution in [-0.4, -0.2) is 17.0 Å². The molecule has 0 N–H and O–H groups in total. The summed E-state index contributed by atoms with van der Waals surface area (Å²) < 4.78 is 0. The van der Waals surface area contributed by atoms with Gasteiger partial charge in [0.15, 0.2) is 0 Å². The number of hydrogen-bond donors (Lipinski definition) is 0. The molecule has 0 aromatic rings. The maximum atomic E-state index is 2.56. The second-order valence-electron chi connectivity index (χ2n) is 6.23. The van der Waals surface area contributed by atoms with Crippen LogP contribution in [-0.2, 0) is 0 Å². The summed E-state index contributed by atoms with van der Waals surface area (Å²) in [4.78, 5) is 0. The topological polar surface area (TPSA) is 0 Å². The van der Waals surface area contributed by atoms with Gasteiger partial charge in [-0.3, -0.25) is 0 Å². The van der Waals surface area contributed by atoms with Gasteiger partial charge >= 0.3 is 0 Å². The van der Waals surface area contributed by atoms with Crippen LogP contribution in [0.4, 0.5) is 0 Å². The van der Waals surface area contributed by atoms with Gasteiger partial charge in [-0.2, -0.15) is 0 Å². The van der Waals surface area contributed by atoms with Crippen LogP contribution < -0.4 is 0 Å².